The quantitative estimate of drug-likeness (QED) is 0.822. The van der Waals surface area contributed by atoms with Crippen molar-refractivity contribution in [2.75, 3.05) is 11.1 Å². The fourth-order valence-corrected chi connectivity index (χ4v) is 1.76. The molecule has 0 spiro atoms. The predicted octanol–water partition coefficient (Wildman–Crippen LogP) is 3.83. The molecule has 1 amide bonds. The molecule has 0 aliphatic heterocycles. The van der Waals surface area contributed by atoms with Crippen molar-refractivity contribution in [1.29, 1.82) is 0 Å². The van der Waals surface area contributed by atoms with E-state index in [0.29, 0.717) is 27.0 Å². The van der Waals surface area contributed by atoms with Gasteiger partial charge < -0.3 is 11.1 Å². The summed E-state index contributed by atoms with van der Waals surface area (Å²) in [4.78, 5) is 11.9. The van der Waals surface area contributed by atoms with E-state index < -0.39 is 0 Å². The van der Waals surface area contributed by atoms with Crippen molar-refractivity contribution in [3.05, 3.63) is 58.1 Å². The summed E-state index contributed by atoms with van der Waals surface area (Å²) in [6.45, 7) is 0. The van der Waals surface area contributed by atoms with E-state index in [-0.39, 0.29) is 5.91 Å². The minimum atomic E-state index is -0.251. The fraction of sp³-hybridized carbons (Fsp3) is 0. The Morgan fingerprint density at radius 2 is 1.89 bits per heavy atom. The van der Waals surface area contributed by atoms with Gasteiger partial charge in [-0.1, -0.05) is 29.3 Å². The second-order valence-electron chi connectivity index (χ2n) is 3.70. The van der Waals surface area contributed by atoms with Crippen molar-refractivity contribution < 1.29 is 4.79 Å². The largest absolute Gasteiger partial charge is 0.397 e. The van der Waals surface area contributed by atoms with Crippen molar-refractivity contribution >= 4 is 40.5 Å². The first-order valence-corrected chi connectivity index (χ1v) is 5.94. The Hall–Kier alpha value is -1.71. The number of amides is 1. The van der Waals surface area contributed by atoms with Gasteiger partial charge in [-0.25, -0.2) is 0 Å². The average Bonchev–Trinajstić information content (AvgIpc) is 2.34. The van der Waals surface area contributed by atoms with E-state index >= 15 is 0 Å². The average molecular weight is 281 g/mol. The molecule has 92 valence electrons. The predicted molar refractivity (Wildman–Crippen MR) is 75.3 cm³/mol. The molecule has 0 saturated carbocycles. The molecular formula is C13H10Cl2N2O. The number of nitrogens with two attached hydrogens (primary N) is 1. The zero-order valence-corrected chi connectivity index (χ0v) is 10.8. The second kappa shape index (κ2) is 5.29. The molecule has 3 N–H and O–H groups in total. The number of hydrogen-bond donors (Lipinski definition) is 2. The van der Waals surface area contributed by atoms with Crippen LogP contribution in [-0.4, -0.2) is 5.91 Å². The Morgan fingerprint density at radius 3 is 2.56 bits per heavy atom. The molecule has 5 heteroatoms. The third kappa shape index (κ3) is 2.94. The number of halogens is 2. The fourth-order valence-electron chi connectivity index (χ4n) is 1.45. The Labute approximate surface area is 115 Å². The van der Waals surface area contributed by atoms with Crippen LogP contribution in [0.15, 0.2) is 42.5 Å². The van der Waals surface area contributed by atoms with Crippen molar-refractivity contribution in [2.24, 2.45) is 0 Å². The van der Waals surface area contributed by atoms with Crippen LogP contribution in [0, 0.1) is 0 Å². The summed E-state index contributed by atoms with van der Waals surface area (Å²) >= 11 is 11.6. The van der Waals surface area contributed by atoms with Gasteiger partial charge >= 0.3 is 0 Å². The van der Waals surface area contributed by atoms with E-state index in [1.54, 1.807) is 42.5 Å². The van der Waals surface area contributed by atoms with Crippen LogP contribution in [0.1, 0.15) is 10.4 Å². The highest BCUT2D eigenvalue weighted by Crippen LogP contribution is 2.23. The highest BCUT2D eigenvalue weighted by molar-refractivity contribution is 6.33. The summed E-state index contributed by atoms with van der Waals surface area (Å²) in [5, 5.41) is 3.68. The van der Waals surface area contributed by atoms with Gasteiger partial charge in [0.1, 0.15) is 0 Å². The minimum absolute atomic E-state index is 0.251. The first-order valence-electron chi connectivity index (χ1n) is 5.18. The van der Waals surface area contributed by atoms with E-state index in [4.69, 9.17) is 28.9 Å². The standard InChI is InChI=1S/C13H10Cl2N2O/c14-9-3-1-2-8(6-9)13(18)17-10-4-5-11(15)12(16)7-10/h1-7H,16H2,(H,17,18). The number of rotatable bonds is 2. The highest BCUT2D eigenvalue weighted by atomic mass is 35.5. The molecule has 0 atom stereocenters. The molecule has 0 radical (unpaired) electrons. The molecule has 0 unspecified atom stereocenters. The Morgan fingerprint density at radius 1 is 1.11 bits per heavy atom. The molecule has 0 aliphatic rings. The van der Waals surface area contributed by atoms with Crippen LogP contribution < -0.4 is 11.1 Å². The summed E-state index contributed by atoms with van der Waals surface area (Å²) < 4.78 is 0. The molecule has 0 saturated heterocycles. The lowest BCUT2D eigenvalue weighted by Gasteiger charge is -2.07. The van der Waals surface area contributed by atoms with Gasteiger partial charge in [0, 0.05) is 16.3 Å². The van der Waals surface area contributed by atoms with Crippen molar-refractivity contribution in [3.8, 4) is 0 Å². The van der Waals surface area contributed by atoms with Gasteiger partial charge in [-0.2, -0.15) is 0 Å². The van der Waals surface area contributed by atoms with E-state index in [1.807, 2.05) is 0 Å². The topological polar surface area (TPSA) is 55.1 Å². The van der Waals surface area contributed by atoms with Crippen LogP contribution in [-0.2, 0) is 0 Å². The third-order valence-electron chi connectivity index (χ3n) is 2.34. The maximum Gasteiger partial charge on any atom is 0.255 e. The number of nitrogens with one attached hydrogen (secondary N) is 1. The first-order chi connectivity index (χ1) is 8.56. The van der Waals surface area contributed by atoms with Gasteiger partial charge in [0.2, 0.25) is 0 Å². The molecule has 3 nitrogen and oxygen atoms in total. The molecular weight excluding hydrogens is 271 g/mol. The highest BCUT2D eigenvalue weighted by Gasteiger charge is 2.07. The zero-order valence-electron chi connectivity index (χ0n) is 9.28. The lowest BCUT2D eigenvalue weighted by molar-refractivity contribution is 0.102. The Balaban J connectivity index is 2.18. The van der Waals surface area contributed by atoms with Crippen molar-refractivity contribution in [3.63, 3.8) is 0 Å². The molecule has 2 aromatic carbocycles. The van der Waals surface area contributed by atoms with E-state index in [2.05, 4.69) is 5.32 Å². The number of benzene rings is 2. The van der Waals surface area contributed by atoms with E-state index in [0.717, 1.165) is 0 Å². The lowest BCUT2D eigenvalue weighted by atomic mass is 10.2. The van der Waals surface area contributed by atoms with E-state index in [1.165, 1.54) is 0 Å². The van der Waals surface area contributed by atoms with E-state index in [9.17, 15) is 4.79 Å². The molecule has 0 fully saturated rings. The second-order valence-corrected chi connectivity index (χ2v) is 4.54. The first kappa shape index (κ1) is 12.7. The Bertz CT molecular complexity index is 599. The summed E-state index contributed by atoms with van der Waals surface area (Å²) in [6.07, 6.45) is 0. The number of nitrogen functional groups attached to an aromatic ring is 1. The number of hydrogen-bond acceptors (Lipinski definition) is 2. The number of carbonyl (C=O) groups excluding carboxylic acids is 1. The molecule has 2 aromatic rings. The van der Waals surface area contributed by atoms with Crippen LogP contribution in [0.25, 0.3) is 0 Å². The zero-order chi connectivity index (χ0) is 13.1. The van der Waals surface area contributed by atoms with Gasteiger partial charge in [0.05, 0.1) is 10.7 Å². The monoisotopic (exact) mass is 280 g/mol. The molecule has 2 rings (SSSR count). The van der Waals surface area contributed by atoms with Gasteiger partial charge in [0.15, 0.2) is 0 Å². The molecule has 18 heavy (non-hydrogen) atoms. The van der Waals surface area contributed by atoms with Crippen LogP contribution >= 0.6 is 23.2 Å². The van der Waals surface area contributed by atoms with Gasteiger partial charge in [-0.3, -0.25) is 4.79 Å². The number of carbonyl (C=O) groups is 1. The molecule has 0 aromatic heterocycles. The third-order valence-corrected chi connectivity index (χ3v) is 2.92. The van der Waals surface area contributed by atoms with Gasteiger partial charge in [-0.05, 0) is 36.4 Å². The van der Waals surface area contributed by atoms with Crippen molar-refractivity contribution in [1.82, 2.24) is 0 Å². The minimum Gasteiger partial charge on any atom is -0.397 e. The molecule has 0 bridgehead atoms. The summed E-state index contributed by atoms with van der Waals surface area (Å²) in [5.41, 5.74) is 7.14. The molecule has 0 heterocycles. The maximum absolute atomic E-state index is 11.9. The van der Waals surface area contributed by atoms with Crippen LogP contribution in [0.5, 0.6) is 0 Å². The SMILES string of the molecule is Nc1cc(NC(=O)c2cccc(Cl)c2)ccc1Cl. The Kier molecular flexibility index (Phi) is 3.75. The van der Waals surface area contributed by atoms with Crippen LogP contribution in [0.2, 0.25) is 10.0 Å². The number of anilines is 2. The smallest absolute Gasteiger partial charge is 0.255 e. The lowest BCUT2D eigenvalue weighted by Crippen LogP contribution is -2.11. The summed E-state index contributed by atoms with van der Waals surface area (Å²) in [5.74, 6) is -0.251. The summed E-state index contributed by atoms with van der Waals surface area (Å²) in [7, 11) is 0. The van der Waals surface area contributed by atoms with Crippen molar-refractivity contribution in [2.45, 2.75) is 0 Å². The van der Waals surface area contributed by atoms with Gasteiger partial charge in [-0.15, -0.1) is 0 Å². The van der Waals surface area contributed by atoms with Crippen LogP contribution in [0.4, 0.5) is 11.4 Å². The maximum atomic E-state index is 11.9. The normalized spacial score (nSPS) is 10.1. The van der Waals surface area contributed by atoms with Gasteiger partial charge in [0.25, 0.3) is 5.91 Å². The molecule has 0 aliphatic carbocycles. The van der Waals surface area contributed by atoms with Crippen LogP contribution in [0.3, 0.4) is 0 Å². The summed E-state index contributed by atoms with van der Waals surface area (Å²) in [6, 6.07) is 11.6.